The van der Waals surface area contributed by atoms with Crippen LogP contribution < -0.4 is 10.6 Å². The van der Waals surface area contributed by atoms with Crippen molar-refractivity contribution in [2.75, 3.05) is 33.2 Å². The Balaban J connectivity index is 2.31. The monoisotopic (exact) mass is 213 g/mol. The maximum atomic E-state index is 11.6. The number of carbonyl (C=O) groups is 1. The predicted molar refractivity (Wildman–Crippen MR) is 61.9 cm³/mol. The maximum Gasteiger partial charge on any atom is 0.317 e. The average molecular weight is 213 g/mol. The van der Waals surface area contributed by atoms with Gasteiger partial charge in [-0.3, -0.25) is 0 Å². The number of urea groups is 1. The molecule has 1 fully saturated rings. The molecule has 1 atom stereocenters. The highest BCUT2D eigenvalue weighted by Gasteiger charge is 2.27. The Hall–Kier alpha value is -0.770. The van der Waals surface area contributed by atoms with Crippen molar-refractivity contribution in [3.05, 3.63) is 0 Å². The fourth-order valence-corrected chi connectivity index (χ4v) is 1.84. The van der Waals surface area contributed by atoms with Crippen LogP contribution in [-0.2, 0) is 0 Å². The Morgan fingerprint density at radius 3 is 2.87 bits per heavy atom. The number of nitrogens with one attached hydrogen (secondary N) is 2. The zero-order chi connectivity index (χ0) is 11.3. The summed E-state index contributed by atoms with van der Waals surface area (Å²) in [5.74, 6) is 0. The number of hydrogen-bond acceptors (Lipinski definition) is 2. The molecule has 1 heterocycles. The highest BCUT2D eigenvalue weighted by molar-refractivity contribution is 5.73. The van der Waals surface area contributed by atoms with Crippen molar-refractivity contribution in [3.63, 3.8) is 0 Å². The normalized spacial score (nSPS) is 26.1. The van der Waals surface area contributed by atoms with Gasteiger partial charge in [0.2, 0.25) is 0 Å². The molecule has 0 bridgehead atoms. The number of nitrogens with zero attached hydrogens (tertiary/aromatic N) is 1. The lowest BCUT2D eigenvalue weighted by Gasteiger charge is -2.34. The molecule has 0 aromatic rings. The van der Waals surface area contributed by atoms with E-state index in [1.807, 2.05) is 14.0 Å². The van der Waals surface area contributed by atoms with Gasteiger partial charge in [-0.05, 0) is 31.7 Å². The first-order valence-electron chi connectivity index (χ1n) is 5.77. The van der Waals surface area contributed by atoms with E-state index in [1.54, 1.807) is 4.90 Å². The number of amides is 2. The van der Waals surface area contributed by atoms with E-state index >= 15 is 0 Å². The fraction of sp³-hybridized carbons (Fsp3) is 0.909. The molecule has 1 aliphatic rings. The van der Waals surface area contributed by atoms with E-state index in [9.17, 15) is 4.79 Å². The quantitative estimate of drug-likeness (QED) is 0.735. The average Bonchev–Trinajstić information content (AvgIpc) is 2.26. The van der Waals surface area contributed by atoms with Crippen LogP contribution in [0.4, 0.5) is 4.79 Å². The number of piperidine rings is 1. The maximum absolute atomic E-state index is 11.6. The second-order valence-electron chi connectivity index (χ2n) is 4.76. The first-order valence-corrected chi connectivity index (χ1v) is 5.77. The van der Waals surface area contributed by atoms with Gasteiger partial charge in [-0.1, -0.05) is 6.92 Å². The van der Waals surface area contributed by atoms with Crippen LogP contribution >= 0.6 is 0 Å². The van der Waals surface area contributed by atoms with Gasteiger partial charge in [-0.25, -0.2) is 4.79 Å². The van der Waals surface area contributed by atoms with Crippen molar-refractivity contribution < 1.29 is 4.79 Å². The smallest absolute Gasteiger partial charge is 0.317 e. The van der Waals surface area contributed by atoms with Crippen molar-refractivity contribution in [2.45, 2.75) is 26.7 Å². The molecule has 1 unspecified atom stereocenters. The molecule has 0 radical (unpaired) electrons. The summed E-state index contributed by atoms with van der Waals surface area (Å²) in [7, 11) is 1.82. The minimum atomic E-state index is 0.0318. The van der Waals surface area contributed by atoms with Crippen molar-refractivity contribution >= 4 is 6.03 Å². The molecule has 4 nitrogen and oxygen atoms in total. The van der Waals surface area contributed by atoms with Crippen molar-refractivity contribution in [2.24, 2.45) is 5.41 Å². The first-order chi connectivity index (χ1) is 7.07. The summed E-state index contributed by atoms with van der Waals surface area (Å²) in [4.78, 5) is 13.2. The van der Waals surface area contributed by atoms with Crippen LogP contribution in [-0.4, -0.2) is 44.2 Å². The van der Waals surface area contributed by atoms with Gasteiger partial charge >= 0.3 is 6.03 Å². The van der Waals surface area contributed by atoms with Crippen LogP contribution in [0.2, 0.25) is 0 Å². The third kappa shape index (κ3) is 3.70. The lowest BCUT2D eigenvalue weighted by atomic mass is 9.83. The van der Waals surface area contributed by atoms with Crippen molar-refractivity contribution in [1.29, 1.82) is 0 Å². The molecular formula is C11H23N3O. The molecule has 0 aromatic carbocycles. The summed E-state index contributed by atoms with van der Waals surface area (Å²) in [5.41, 5.74) is 0.225. The number of rotatable bonds is 3. The molecule has 0 spiro atoms. The van der Waals surface area contributed by atoms with Gasteiger partial charge in [-0.15, -0.1) is 0 Å². The Bertz CT molecular complexity index is 212. The van der Waals surface area contributed by atoms with Crippen LogP contribution in [0.25, 0.3) is 0 Å². The highest BCUT2D eigenvalue weighted by atomic mass is 16.2. The van der Waals surface area contributed by atoms with Gasteiger partial charge in [0.15, 0.2) is 0 Å². The van der Waals surface area contributed by atoms with E-state index in [2.05, 4.69) is 17.6 Å². The zero-order valence-electron chi connectivity index (χ0n) is 10.1. The lowest BCUT2D eigenvalue weighted by molar-refractivity contribution is 0.191. The van der Waals surface area contributed by atoms with Gasteiger partial charge in [-0.2, -0.15) is 0 Å². The molecule has 88 valence electrons. The Morgan fingerprint density at radius 1 is 1.60 bits per heavy atom. The van der Waals surface area contributed by atoms with Crippen LogP contribution in [0.5, 0.6) is 0 Å². The molecule has 0 saturated carbocycles. The molecule has 1 aliphatic heterocycles. The summed E-state index contributed by atoms with van der Waals surface area (Å²) in [6.45, 7) is 7.83. The third-order valence-electron chi connectivity index (χ3n) is 3.17. The summed E-state index contributed by atoms with van der Waals surface area (Å²) >= 11 is 0. The minimum Gasteiger partial charge on any atom is -0.337 e. The van der Waals surface area contributed by atoms with E-state index in [-0.39, 0.29) is 11.4 Å². The summed E-state index contributed by atoms with van der Waals surface area (Å²) < 4.78 is 0. The first kappa shape index (κ1) is 12.3. The van der Waals surface area contributed by atoms with Gasteiger partial charge in [0.05, 0.1) is 0 Å². The summed E-state index contributed by atoms with van der Waals surface area (Å²) in [6, 6.07) is 0.0318. The van der Waals surface area contributed by atoms with Crippen molar-refractivity contribution in [3.8, 4) is 0 Å². The Kier molecular flexibility index (Phi) is 4.39. The molecule has 4 heteroatoms. The van der Waals surface area contributed by atoms with Gasteiger partial charge in [0, 0.05) is 26.7 Å². The molecule has 2 amide bonds. The summed E-state index contributed by atoms with van der Waals surface area (Å²) in [5, 5.41) is 6.37. The topological polar surface area (TPSA) is 44.4 Å². The van der Waals surface area contributed by atoms with E-state index in [0.717, 1.165) is 26.2 Å². The standard InChI is InChI=1S/C11H23N3O/c1-4-14(3)10(15)13-9-11(2)6-5-7-12-8-11/h12H,4-9H2,1-3H3,(H,13,15). The summed E-state index contributed by atoms with van der Waals surface area (Å²) in [6.07, 6.45) is 2.39. The lowest BCUT2D eigenvalue weighted by Crippen LogP contribution is -2.48. The van der Waals surface area contributed by atoms with Gasteiger partial charge < -0.3 is 15.5 Å². The predicted octanol–water partition coefficient (Wildman–Crippen LogP) is 1.04. The van der Waals surface area contributed by atoms with Crippen LogP contribution in [0.15, 0.2) is 0 Å². The largest absolute Gasteiger partial charge is 0.337 e. The second-order valence-corrected chi connectivity index (χ2v) is 4.76. The zero-order valence-corrected chi connectivity index (χ0v) is 10.1. The Morgan fingerprint density at radius 2 is 2.33 bits per heavy atom. The van der Waals surface area contributed by atoms with E-state index in [1.165, 1.54) is 12.8 Å². The molecular weight excluding hydrogens is 190 g/mol. The van der Waals surface area contributed by atoms with Crippen LogP contribution in [0, 0.1) is 5.41 Å². The second kappa shape index (κ2) is 5.35. The molecule has 1 saturated heterocycles. The Labute approximate surface area is 92.4 Å². The molecule has 2 N–H and O–H groups in total. The number of carbonyl (C=O) groups excluding carboxylic acids is 1. The minimum absolute atomic E-state index is 0.0318. The van der Waals surface area contributed by atoms with E-state index in [0.29, 0.717) is 0 Å². The van der Waals surface area contributed by atoms with Crippen LogP contribution in [0.3, 0.4) is 0 Å². The number of hydrogen-bond donors (Lipinski definition) is 2. The molecule has 15 heavy (non-hydrogen) atoms. The molecule has 0 aliphatic carbocycles. The van der Waals surface area contributed by atoms with E-state index in [4.69, 9.17) is 0 Å². The molecule has 0 aromatic heterocycles. The highest BCUT2D eigenvalue weighted by Crippen LogP contribution is 2.24. The molecule has 1 rings (SSSR count). The SMILES string of the molecule is CCN(C)C(=O)NCC1(C)CCCNC1. The van der Waals surface area contributed by atoms with Crippen LogP contribution in [0.1, 0.15) is 26.7 Å². The van der Waals surface area contributed by atoms with Gasteiger partial charge in [0.25, 0.3) is 0 Å². The van der Waals surface area contributed by atoms with E-state index < -0.39 is 0 Å². The fourth-order valence-electron chi connectivity index (χ4n) is 1.84. The van der Waals surface area contributed by atoms with Gasteiger partial charge in [0.1, 0.15) is 0 Å². The third-order valence-corrected chi connectivity index (χ3v) is 3.17. The van der Waals surface area contributed by atoms with Crippen molar-refractivity contribution in [1.82, 2.24) is 15.5 Å².